The second-order valence-corrected chi connectivity index (χ2v) is 13.4. The summed E-state index contributed by atoms with van der Waals surface area (Å²) in [5, 5.41) is 17.2. The number of fused-ring (bicyclic) bond motifs is 1. The normalized spacial score (nSPS) is 12.9. The molecule has 1 aliphatic rings. The average Bonchev–Trinajstić information content (AvgIpc) is 3.37. The zero-order valence-corrected chi connectivity index (χ0v) is 26.9. The Bertz CT molecular complexity index is 2570. The van der Waals surface area contributed by atoms with Crippen LogP contribution in [0.1, 0.15) is 30.5 Å². The summed E-state index contributed by atoms with van der Waals surface area (Å²) in [4.78, 5) is 2.26. The Morgan fingerprint density at radius 2 is 0.938 bits per heavy atom. The van der Waals surface area contributed by atoms with Gasteiger partial charge in [-0.05, 0) is 138 Å². The second kappa shape index (κ2) is 10.7. The van der Waals surface area contributed by atoms with Crippen molar-refractivity contribution in [2.45, 2.75) is 19.3 Å². The average molecular weight is 613 g/mol. The second-order valence-electron chi connectivity index (χ2n) is 13.4. The van der Waals surface area contributed by atoms with Crippen molar-refractivity contribution in [2.75, 3.05) is 4.90 Å². The van der Waals surface area contributed by atoms with Gasteiger partial charge in [0.05, 0.1) is 11.6 Å². The lowest BCUT2D eigenvalue weighted by Gasteiger charge is -2.26. The Balaban J connectivity index is 1.13. The maximum Gasteiger partial charge on any atom is 0.0991 e. The van der Waals surface area contributed by atoms with Gasteiger partial charge in [0.2, 0.25) is 0 Å². The van der Waals surface area contributed by atoms with E-state index in [1.807, 2.05) is 24.3 Å². The predicted molar refractivity (Wildman–Crippen MR) is 201 cm³/mol. The van der Waals surface area contributed by atoms with Gasteiger partial charge in [0.15, 0.2) is 0 Å². The molecule has 0 N–H and O–H groups in total. The molecule has 8 aromatic carbocycles. The summed E-state index contributed by atoms with van der Waals surface area (Å²) in [6.45, 7) is 4.74. The lowest BCUT2D eigenvalue weighted by Crippen LogP contribution is -2.15. The Morgan fingerprint density at radius 3 is 1.54 bits per heavy atom. The summed E-state index contributed by atoms with van der Waals surface area (Å²) in [5.74, 6) is 0. The van der Waals surface area contributed by atoms with Gasteiger partial charge in [-0.2, -0.15) is 5.26 Å². The van der Waals surface area contributed by atoms with Crippen molar-refractivity contribution in [3.05, 3.63) is 174 Å². The van der Waals surface area contributed by atoms with Crippen molar-refractivity contribution in [2.24, 2.45) is 0 Å². The van der Waals surface area contributed by atoms with E-state index in [1.165, 1.54) is 65.7 Å². The summed E-state index contributed by atoms with van der Waals surface area (Å²) < 4.78 is 0. The molecule has 0 unspecified atom stereocenters. The number of hydrogen-bond donors (Lipinski definition) is 0. The first-order valence-corrected chi connectivity index (χ1v) is 16.5. The smallest absolute Gasteiger partial charge is 0.0991 e. The van der Waals surface area contributed by atoms with Crippen molar-refractivity contribution in [3.8, 4) is 28.3 Å². The summed E-state index contributed by atoms with van der Waals surface area (Å²) in [5.41, 5.74) is 11.4. The van der Waals surface area contributed by atoms with Crippen molar-refractivity contribution in [1.82, 2.24) is 0 Å². The molecule has 1 aliphatic carbocycles. The Labute approximate surface area is 280 Å². The third-order valence-corrected chi connectivity index (χ3v) is 10.2. The Morgan fingerprint density at radius 1 is 0.438 bits per heavy atom. The molecule has 226 valence electrons. The molecule has 0 atom stereocenters. The van der Waals surface area contributed by atoms with Gasteiger partial charge < -0.3 is 4.90 Å². The van der Waals surface area contributed by atoms with Gasteiger partial charge in [0, 0.05) is 22.5 Å². The van der Waals surface area contributed by atoms with Crippen molar-refractivity contribution in [3.63, 3.8) is 0 Å². The van der Waals surface area contributed by atoms with E-state index >= 15 is 0 Å². The van der Waals surface area contributed by atoms with E-state index in [9.17, 15) is 5.26 Å². The van der Waals surface area contributed by atoms with E-state index in [0.717, 1.165) is 17.1 Å². The van der Waals surface area contributed by atoms with E-state index < -0.39 is 0 Å². The molecular formula is C46H32N2. The van der Waals surface area contributed by atoms with Crippen LogP contribution in [0.25, 0.3) is 54.6 Å². The van der Waals surface area contributed by atoms with Crippen LogP contribution >= 0.6 is 0 Å². The first kappa shape index (κ1) is 28.1. The number of benzene rings is 8. The highest BCUT2D eigenvalue weighted by molar-refractivity contribution is 6.16. The summed E-state index contributed by atoms with van der Waals surface area (Å²) in [7, 11) is 0. The summed E-state index contributed by atoms with van der Waals surface area (Å²) >= 11 is 0. The van der Waals surface area contributed by atoms with Gasteiger partial charge in [-0.25, -0.2) is 0 Å². The highest BCUT2D eigenvalue weighted by Crippen LogP contribution is 2.51. The van der Waals surface area contributed by atoms with Crippen LogP contribution in [-0.4, -0.2) is 0 Å². The van der Waals surface area contributed by atoms with Crippen LogP contribution < -0.4 is 4.90 Å². The molecule has 8 aromatic rings. The molecule has 9 rings (SSSR count). The zero-order valence-electron chi connectivity index (χ0n) is 26.9. The van der Waals surface area contributed by atoms with Gasteiger partial charge in [0.25, 0.3) is 0 Å². The highest BCUT2D eigenvalue weighted by Gasteiger charge is 2.35. The quantitative estimate of drug-likeness (QED) is 0.181. The molecule has 0 bridgehead atoms. The molecule has 2 nitrogen and oxygen atoms in total. The van der Waals surface area contributed by atoms with E-state index in [1.54, 1.807) is 0 Å². The van der Waals surface area contributed by atoms with Gasteiger partial charge in [-0.15, -0.1) is 0 Å². The van der Waals surface area contributed by atoms with Crippen LogP contribution in [0.5, 0.6) is 0 Å². The van der Waals surface area contributed by atoms with E-state index in [2.05, 4.69) is 158 Å². The van der Waals surface area contributed by atoms with Gasteiger partial charge in [0.1, 0.15) is 0 Å². The summed E-state index contributed by atoms with van der Waals surface area (Å²) in [6.07, 6.45) is 0. The molecule has 2 heteroatoms. The van der Waals surface area contributed by atoms with Crippen molar-refractivity contribution < 1.29 is 0 Å². The molecule has 0 aromatic heterocycles. The van der Waals surface area contributed by atoms with Crippen molar-refractivity contribution >= 4 is 49.4 Å². The van der Waals surface area contributed by atoms with Crippen LogP contribution in [0.4, 0.5) is 17.1 Å². The maximum absolute atomic E-state index is 9.43. The van der Waals surface area contributed by atoms with Crippen LogP contribution in [0.3, 0.4) is 0 Å². The summed E-state index contributed by atoms with van der Waals surface area (Å²) in [6, 6.07) is 58.8. The Kier molecular flexibility index (Phi) is 6.26. The fraction of sp³-hybridized carbons (Fsp3) is 0.0652. The molecule has 0 amide bonds. The largest absolute Gasteiger partial charge is 0.310 e. The topological polar surface area (TPSA) is 27.0 Å². The minimum atomic E-state index is -0.122. The fourth-order valence-corrected chi connectivity index (χ4v) is 7.68. The van der Waals surface area contributed by atoms with Gasteiger partial charge in [-0.1, -0.05) is 98.8 Å². The number of rotatable bonds is 5. The molecule has 0 radical (unpaired) electrons. The van der Waals surface area contributed by atoms with Crippen LogP contribution in [0, 0.1) is 11.3 Å². The minimum Gasteiger partial charge on any atom is -0.310 e. The van der Waals surface area contributed by atoms with Crippen molar-refractivity contribution in [1.29, 1.82) is 5.26 Å². The molecule has 0 saturated carbocycles. The van der Waals surface area contributed by atoms with Crippen LogP contribution in [0.2, 0.25) is 0 Å². The first-order valence-electron chi connectivity index (χ1n) is 16.5. The standard InChI is InChI=1S/C46H32N2/c1-46(2)42-27-37(31-8-4-3-5-9-31)24-35-14-15-36-25-38(28-43(46)45(36)44(35)42)33-16-21-40(22-17-33)48(39-19-12-30(29-47)13-20-39)41-23-18-32-10-6-7-11-34(32)26-41/h3-28H,1-2H3. The number of anilines is 3. The van der Waals surface area contributed by atoms with Gasteiger partial charge in [-0.3, -0.25) is 0 Å². The molecule has 0 spiro atoms. The van der Waals surface area contributed by atoms with E-state index in [-0.39, 0.29) is 5.41 Å². The van der Waals surface area contributed by atoms with E-state index in [0.29, 0.717) is 5.56 Å². The number of hydrogen-bond acceptors (Lipinski definition) is 2. The van der Waals surface area contributed by atoms with E-state index in [4.69, 9.17) is 0 Å². The monoisotopic (exact) mass is 612 g/mol. The molecule has 0 heterocycles. The Hall–Kier alpha value is -6.17. The molecule has 0 aliphatic heterocycles. The zero-order chi connectivity index (χ0) is 32.4. The molecule has 0 saturated heterocycles. The maximum atomic E-state index is 9.43. The predicted octanol–water partition coefficient (Wildman–Crippen LogP) is 12.5. The molecule has 0 fully saturated rings. The third-order valence-electron chi connectivity index (χ3n) is 10.2. The third kappa shape index (κ3) is 4.40. The van der Waals surface area contributed by atoms with Crippen LogP contribution in [-0.2, 0) is 5.41 Å². The van der Waals surface area contributed by atoms with Crippen LogP contribution in [0.15, 0.2) is 158 Å². The highest BCUT2D eigenvalue weighted by atomic mass is 15.1. The number of nitriles is 1. The lowest BCUT2D eigenvalue weighted by atomic mass is 9.80. The molecular weight excluding hydrogens is 581 g/mol. The number of nitrogens with zero attached hydrogens (tertiary/aromatic N) is 2. The minimum absolute atomic E-state index is 0.122. The fourth-order valence-electron chi connectivity index (χ4n) is 7.68. The first-order chi connectivity index (χ1) is 23.5. The van der Waals surface area contributed by atoms with Gasteiger partial charge >= 0.3 is 0 Å². The molecule has 48 heavy (non-hydrogen) atoms. The lowest BCUT2D eigenvalue weighted by molar-refractivity contribution is 0.663. The SMILES string of the molecule is CC1(C)c2cc(-c3ccccc3)cc3ccc4cc(-c5ccc(N(c6ccc(C#N)cc6)c6ccc7ccccc7c6)cc5)cc1c4c23.